The fourth-order valence-electron chi connectivity index (χ4n) is 2.81. The Labute approximate surface area is 165 Å². The van der Waals surface area contributed by atoms with Gasteiger partial charge in [-0.25, -0.2) is 0 Å². The van der Waals surface area contributed by atoms with Crippen molar-refractivity contribution in [2.24, 2.45) is 0 Å². The average Bonchev–Trinajstić information content (AvgIpc) is 3.30. The van der Waals surface area contributed by atoms with Crippen molar-refractivity contribution < 1.29 is 18.0 Å². The van der Waals surface area contributed by atoms with E-state index in [1.165, 1.54) is 22.2 Å². The molecule has 0 aliphatic rings. The van der Waals surface area contributed by atoms with Crippen LogP contribution in [0.25, 0.3) is 0 Å². The second kappa shape index (κ2) is 8.18. The largest absolute Gasteiger partial charge is 0.435 e. The average molecular weight is 407 g/mol. The Morgan fingerprint density at radius 2 is 1.96 bits per heavy atom. The number of nitrogens with zero attached hydrogens (tertiary/aromatic N) is 2. The standard InChI is InChI=1S/C20H20F3N3OS/c1-3-16(15-6-4-13(2)5-7-15)24-19(27)17-10-14(12-28-17)11-26-9-8-18(25-26)20(21,22)23/h4-10,12,16H,3,11H2,1-2H3,(H,24,27). The van der Waals surface area contributed by atoms with Crippen LogP contribution in [0.4, 0.5) is 13.2 Å². The fourth-order valence-corrected chi connectivity index (χ4v) is 3.62. The number of hydrogen-bond donors (Lipinski definition) is 1. The van der Waals surface area contributed by atoms with Crippen LogP contribution in [0.1, 0.15) is 51.4 Å². The van der Waals surface area contributed by atoms with Crippen LogP contribution in [0.3, 0.4) is 0 Å². The van der Waals surface area contributed by atoms with Crippen molar-refractivity contribution in [1.29, 1.82) is 0 Å². The normalized spacial score (nSPS) is 12.8. The molecular weight excluding hydrogens is 387 g/mol. The van der Waals surface area contributed by atoms with Gasteiger partial charge in [0.2, 0.25) is 0 Å². The highest BCUT2D eigenvalue weighted by Gasteiger charge is 2.33. The maximum atomic E-state index is 12.6. The SMILES string of the molecule is CCC(NC(=O)c1cc(Cn2ccc(C(F)(F)F)n2)cs1)c1ccc(C)cc1. The lowest BCUT2D eigenvalue weighted by Gasteiger charge is -2.17. The second-order valence-corrected chi connectivity index (χ2v) is 7.47. The van der Waals surface area contributed by atoms with Gasteiger partial charge >= 0.3 is 6.18 Å². The molecule has 0 bridgehead atoms. The van der Waals surface area contributed by atoms with Crippen molar-refractivity contribution in [2.45, 2.75) is 39.0 Å². The molecule has 0 saturated heterocycles. The molecule has 0 saturated carbocycles. The number of amides is 1. The van der Waals surface area contributed by atoms with Gasteiger partial charge in [0.15, 0.2) is 5.69 Å². The van der Waals surface area contributed by atoms with E-state index in [4.69, 9.17) is 0 Å². The van der Waals surface area contributed by atoms with Gasteiger partial charge in [0, 0.05) is 6.20 Å². The van der Waals surface area contributed by atoms with Gasteiger partial charge in [-0.2, -0.15) is 18.3 Å². The maximum Gasteiger partial charge on any atom is 0.435 e. The molecule has 0 aliphatic carbocycles. The van der Waals surface area contributed by atoms with E-state index >= 15 is 0 Å². The lowest BCUT2D eigenvalue weighted by atomic mass is 10.0. The molecule has 0 fully saturated rings. The number of thiophene rings is 1. The molecule has 8 heteroatoms. The number of rotatable bonds is 6. The Morgan fingerprint density at radius 3 is 2.57 bits per heavy atom. The van der Waals surface area contributed by atoms with Gasteiger partial charge in [0.1, 0.15) is 0 Å². The Hall–Kier alpha value is -2.61. The van der Waals surface area contributed by atoms with Gasteiger partial charge in [-0.1, -0.05) is 36.8 Å². The third-order valence-electron chi connectivity index (χ3n) is 4.35. The summed E-state index contributed by atoms with van der Waals surface area (Å²) in [4.78, 5) is 13.1. The summed E-state index contributed by atoms with van der Waals surface area (Å²) in [5, 5.41) is 8.32. The first-order chi connectivity index (χ1) is 13.3. The molecule has 3 rings (SSSR count). The number of hydrogen-bond acceptors (Lipinski definition) is 3. The van der Waals surface area contributed by atoms with Crippen molar-refractivity contribution in [1.82, 2.24) is 15.1 Å². The molecule has 1 unspecified atom stereocenters. The van der Waals surface area contributed by atoms with Crippen LogP contribution in [-0.2, 0) is 12.7 Å². The highest BCUT2D eigenvalue weighted by molar-refractivity contribution is 7.12. The van der Waals surface area contributed by atoms with Crippen molar-refractivity contribution in [2.75, 3.05) is 0 Å². The van der Waals surface area contributed by atoms with Crippen molar-refractivity contribution >= 4 is 17.2 Å². The monoisotopic (exact) mass is 407 g/mol. The number of aryl methyl sites for hydroxylation is 1. The van der Waals surface area contributed by atoms with E-state index < -0.39 is 11.9 Å². The Kier molecular flexibility index (Phi) is 5.88. The first-order valence-electron chi connectivity index (χ1n) is 8.81. The lowest BCUT2D eigenvalue weighted by molar-refractivity contribution is -0.141. The third-order valence-corrected chi connectivity index (χ3v) is 5.32. The molecule has 3 aromatic rings. The number of carbonyl (C=O) groups is 1. The minimum atomic E-state index is -4.46. The van der Waals surface area contributed by atoms with E-state index in [0.29, 0.717) is 4.88 Å². The van der Waals surface area contributed by atoms with Crippen molar-refractivity contribution in [3.8, 4) is 0 Å². The fraction of sp³-hybridized carbons (Fsp3) is 0.300. The zero-order valence-electron chi connectivity index (χ0n) is 15.5. The Bertz CT molecular complexity index is 944. The third kappa shape index (κ3) is 4.81. The summed E-state index contributed by atoms with van der Waals surface area (Å²) in [5.41, 5.74) is 1.99. The minimum Gasteiger partial charge on any atom is -0.345 e. The molecule has 1 amide bonds. The first kappa shape index (κ1) is 20.1. The van der Waals surface area contributed by atoms with Gasteiger partial charge in [0.05, 0.1) is 17.5 Å². The van der Waals surface area contributed by atoms with Gasteiger partial charge in [0.25, 0.3) is 5.91 Å². The summed E-state index contributed by atoms with van der Waals surface area (Å²) < 4.78 is 39.1. The smallest absolute Gasteiger partial charge is 0.345 e. The van der Waals surface area contributed by atoms with Crippen LogP contribution in [0, 0.1) is 6.92 Å². The van der Waals surface area contributed by atoms with Crippen molar-refractivity contribution in [3.63, 3.8) is 0 Å². The summed E-state index contributed by atoms with van der Waals surface area (Å²) in [7, 11) is 0. The van der Waals surface area contributed by atoms with Crippen LogP contribution < -0.4 is 5.32 Å². The van der Waals surface area contributed by atoms with Crippen molar-refractivity contribution in [3.05, 3.63) is 75.2 Å². The Balaban J connectivity index is 1.66. The predicted molar refractivity (Wildman–Crippen MR) is 102 cm³/mol. The zero-order valence-corrected chi connectivity index (χ0v) is 16.3. The minimum absolute atomic E-state index is 0.0980. The lowest BCUT2D eigenvalue weighted by Crippen LogP contribution is -2.27. The maximum absolute atomic E-state index is 12.6. The molecule has 28 heavy (non-hydrogen) atoms. The van der Waals surface area contributed by atoms with Crippen LogP contribution in [0.15, 0.2) is 48.0 Å². The highest BCUT2D eigenvalue weighted by Crippen LogP contribution is 2.27. The first-order valence-corrected chi connectivity index (χ1v) is 9.69. The topological polar surface area (TPSA) is 46.9 Å². The number of carbonyl (C=O) groups excluding carboxylic acids is 1. The van der Waals surface area contributed by atoms with Crippen LogP contribution in [-0.4, -0.2) is 15.7 Å². The summed E-state index contributed by atoms with van der Waals surface area (Å²) >= 11 is 1.26. The summed E-state index contributed by atoms with van der Waals surface area (Å²) in [6, 6.07) is 10.5. The van der Waals surface area contributed by atoms with Gasteiger partial charge in [-0.05, 0) is 42.0 Å². The molecule has 0 radical (unpaired) electrons. The molecule has 148 valence electrons. The van der Waals surface area contributed by atoms with Crippen LogP contribution >= 0.6 is 11.3 Å². The molecule has 0 aliphatic heterocycles. The number of aromatic nitrogens is 2. The number of nitrogens with one attached hydrogen (secondary N) is 1. The summed E-state index contributed by atoms with van der Waals surface area (Å²) in [6.07, 6.45) is -2.43. The van der Waals surface area contributed by atoms with E-state index in [-0.39, 0.29) is 18.5 Å². The van der Waals surface area contributed by atoms with E-state index in [1.54, 1.807) is 11.4 Å². The summed E-state index contributed by atoms with van der Waals surface area (Å²) in [6.45, 7) is 4.18. The summed E-state index contributed by atoms with van der Waals surface area (Å²) in [5.74, 6) is -0.194. The quantitative estimate of drug-likeness (QED) is 0.610. The van der Waals surface area contributed by atoms with Gasteiger partial charge in [-0.15, -0.1) is 11.3 Å². The van der Waals surface area contributed by atoms with E-state index in [2.05, 4.69) is 10.4 Å². The highest BCUT2D eigenvalue weighted by atomic mass is 32.1. The molecule has 4 nitrogen and oxygen atoms in total. The molecule has 1 atom stereocenters. The van der Waals surface area contributed by atoms with E-state index in [0.717, 1.165) is 29.2 Å². The molecule has 1 aromatic carbocycles. The van der Waals surface area contributed by atoms with Gasteiger partial charge < -0.3 is 5.32 Å². The van der Waals surface area contributed by atoms with E-state index in [9.17, 15) is 18.0 Å². The number of benzene rings is 1. The van der Waals surface area contributed by atoms with E-state index in [1.807, 2.05) is 38.1 Å². The zero-order chi connectivity index (χ0) is 20.3. The van der Waals surface area contributed by atoms with Gasteiger partial charge in [-0.3, -0.25) is 9.48 Å². The predicted octanol–water partition coefficient (Wildman–Crippen LogP) is 5.20. The molecule has 1 N–H and O–H groups in total. The molecule has 2 aromatic heterocycles. The number of halogens is 3. The van der Waals surface area contributed by atoms with Crippen LogP contribution in [0.5, 0.6) is 0 Å². The number of alkyl halides is 3. The second-order valence-electron chi connectivity index (χ2n) is 6.56. The molecule has 2 heterocycles. The molecular formula is C20H20F3N3OS. The van der Waals surface area contributed by atoms with Crippen LogP contribution in [0.2, 0.25) is 0 Å². The Morgan fingerprint density at radius 1 is 1.25 bits per heavy atom. The molecule has 0 spiro atoms.